The molecule has 2 atom stereocenters. The van der Waals surface area contributed by atoms with Crippen molar-refractivity contribution in [3.05, 3.63) is 0 Å². The number of halogens is 1. The Morgan fingerprint density at radius 2 is 1.61 bits per heavy atom. The molecule has 0 aliphatic carbocycles. The number of nitrogens with one attached hydrogen (secondary N) is 1. The van der Waals surface area contributed by atoms with Crippen molar-refractivity contribution in [1.82, 2.24) is 0 Å². The van der Waals surface area contributed by atoms with Crippen molar-refractivity contribution in [2.75, 3.05) is 13.1 Å². The summed E-state index contributed by atoms with van der Waals surface area (Å²) in [5.41, 5.74) is 0. The van der Waals surface area contributed by atoms with Gasteiger partial charge in [0, 0.05) is 0 Å². The quantitative estimate of drug-likeness (QED) is 0.588. The van der Waals surface area contributed by atoms with Crippen LogP contribution >= 0.6 is 0 Å². The normalized spacial score (nSPS) is 23.7. The zero-order valence-corrected chi connectivity index (χ0v) is 13.4. The van der Waals surface area contributed by atoms with E-state index in [-0.39, 0.29) is 12.4 Å². The Morgan fingerprint density at radius 1 is 0.889 bits per heavy atom. The van der Waals surface area contributed by atoms with Crippen LogP contribution in [0.5, 0.6) is 0 Å². The Bertz CT molecular complexity index is 172. The van der Waals surface area contributed by atoms with Gasteiger partial charge in [0.2, 0.25) is 0 Å². The van der Waals surface area contributed by atoms with E-state index in [1.807, 2.05) is 4.90 Å². The number of rotatable bonds is 9. The predicted molar refractivity (Wildman–Crippen MR) is 76.6 cm³/mol. The lowest BCUT2D eigenvalue weighted by molar-refractivity contribution is -0.931. The van der Waals surface area contributed by atoms with Crippen LogP contribution in [0.2, 0.25) is 0 Å². The highest BCUT2D eigenvalue weighted by Gasteiger charge is 2.24. The van der Waals surface area contributed by atoms with Crippen LogP contribution in [-0.4, -0.2) is 19.1 Å². The molecule has 1 fully saturated rings. The van der Waals surface area contributed by atoms with E-state index in [1.165, 1.54) is 83.7 Å². The molecule has 0 radical (unpaired) electrons. The standard InChI is InChI=1S/C16H33N.ClH/c1-3-5-7-8-10-14-17-15-11-9-13-16(17)12-6-4-2;/h16H,3-15H2,1-2H3;1H. The van der Waals surface area contributed by atoms with Crippen molar-refractivity contribution in [1.29, 1.82) is 0 Å². The van der Waals surface area contributed by atoms with Gasteiger partial charge < -0.3 is 17.3 Å². The van der Waals surface area contributed by atoms with Crippen molar-refractivity contribution in [3.8, 4) is 0 Å². The minimum absolute atomic E-state index is 0. The maximum absolute atomic E-state index is 2.33. The third-order valence-corrected chi connectivity index (χ3v) is 4.39. The van der Waals surface area contributed by atoms with Gasteiger partial charge in [-0.2, -0.15) is 0 Å². The first-order chi connectivity index (χ1) is 8.38. The molecule has 18 heavy (non-hydrogen) atoms. The van der Waals surface area contributed by atoms with E-state index in [0.717, 1.165) is 6.04 Å². The summed E-state index contributed by atoms with van der Waals surface area (Å²) in [5, 5.41) is 0. The Hall–Kier alpha value is 0.250. The largest absolute Gasteiger partial charge is 1.00 e. The zero-order valence-electron chi connectivity index (χ0n) is 12.6. The van der Waals surface area contributed by atoms with Crippen LogP contribution in [0.3, 0.4) is 0 Å². The number of quaternary nitrogens is 1. The number of hydrogen-bond donors (Lipinski definition) is 1. The molecule has 2 unspecified atom stereocenters. The van der Waals surface area contributed by atoms with E-state index in [0.29, 0.717) is 0 Å². The molecule has 1 nitrogen and oxygen atoms in total. The third-order valence-electron chi connectivity index (χ3n) is 4.39. The first kappa shape index (κ1) is 18.2. The zero-order chi connectivity index (χ0) is 12.3. The van der Waals surface area contributed by atoms with Crippen LogP contribution in [0.1, 0.15) is 84.5 Å². The fourth-order valence-corrected chi connectivity index (χ4v) is 3.23. The van der Waals surface area contributed by atoms with Gasteiger partial charge in [-0.25, -0.2) is 0 Å². The summed E-state index contributed by atoms with van der Waals surface area (Å²) < 4.78 is 0. The number of piperidine rings is 1. The number of unbranched alkanes of at least 4 members (excludes halogenated alkanes) is 5. The molecule has 0 bridgehead atoms. The smallest absolute Gasteiger partial charge is 0.0874 e. The van der Waals surface area contributed by atoms with Crippen LogP contribution in [0.25, 0.3) is 0 Å². The Labute approximate surface area is 121 Å². The van der Waals surface area contributed by atoms with E-state index in [4.69, 9.17) is 0 Å². The third kappa shape index (κ3) is 7.63. The first-order valence-corrected chi connectivity index (χ1v) is 8.23. The Morgan fingerprint density at radius 3 is 2.33 bits per heavy atom. The molecule has 1 saturated heterocycles. The second-order valence-electron chi connectivity index (χ2n) is 5.91. The summed E-state index contributed by atoms with van der Waals surface area (Å²) in [6.07, 6.45) is 16.0. The van der Waals surface area contributed by atoms with E-state index in [9.17, 15) is 0 Å². The highest BCUT2D eigenvalue weighted by Crippen LogP contribution is 2.10. The van der Waals surface area contributed by atoms with Gasteiger partial charge in [-0.3, -0.25) is 0 Å². The van der Waals surface area contributed by atoms with Gasteiger partial charge in [-0.15, -0.1) is 0 Å². The van der Waals surface area contributed by atoms with Gasteiger partial charge >= 0.3 is 0 Å². The van der Waals surface area contributed by atoms with Gasteiger partial charge in [-0.1, -0.05) is 39.5 Å². The van der Waals surface area contributed by atoms with Crippen molar-refractivity contribution in [3.63, 3.8) is 0 Å². The fourth-order valence-electron chi connectivity index (χ4n) is 3.23. The second kappa shape index (κ2) is 12.3. The van der Waals surface area contributed by atoms with Crippen LogP contribution in [0.15, 0.2) is 0 Å². The molecule has 110 valence electrons. The van der Waals surface area contributed by atoms with E-state index >= 15 is 0 Å². The molecule has 0 aromatic carbocycles. The van der Waals surface area contributed by atoms with E-state index < -0.39 is 0 Å². The van der Waals surface area contributed by atoms with Crippen molar-refractivity contribution < 1.29 is 17.3 Å². The molecule has 1 aliphatic rings. The van der Waals surface area contributed by atoms with Gasteiger partial charge in [0.25, 0.3) is 0 Å². The maximum Gasteiger partial charge on any atom is 0.0874 e. The first-order valence-electron chi connectivity index (χ1n) is 8.23. The topological polar surface area (TPSA) is 4.44 Å². The highest BCUT2D eigenvalue weighted by atomic mass is 35.5. The molecular formula is C16H34ClN. The van der Waals surface area contributed by atoms with Crippen LogP contribution in [0.4, 0.5) is 0 Å². The lowest BCUT2D eigenvalue weighted by Crippen LogP contribution is -3.16. The minimum Gasteiger partial charge on any atom is -1.00 e. The molecule has 1 heterocycles. The summed E-state index contributed by atoms with van der Waals surface area (Å²) in [6, 6.07) is 1.01. The summed E-state index contributed by atoms with van der Waals surface area (Å²) in [6.45, 7) is 7.55. The van der Waals surface area contributed by atoms with Gasteiger partial charge in [-0.05, 0) is 44.9 Å². The molecule has 1 rings (SSSR count). The maximum atomic E-state index is 2.33. The lowest BCUT2D eigenvalue weighted by atomic mass is 9.97. The second-order valence-corrected chi connectivity index (χ2v) is 5.91. The van der Waals surface area contributed by atoms with Crippen LogP contribution in [0, 0.1) is 0 Å². The van der Waals surface area contributed by atoms with Gasteiger partial charge in [0.1, 0.15) is 0 Å². The number of hydrogen-bond acceptors (Lipinski definition) is 0. The molecule has 0 aromatic rings. The summed E-state index contributed by atoms with van der Waals surface area (Å²) >= 11 is 0. The average molecular weight is 276 g/mol. The van der Waals surface area contributed by atoms with Crippen LogP contribution < -0.4 is 17.3 Å². The van der Waals surface area contributed by atoms with Crippen molar-refractivity contribution in [2.45, 2.75) is 90.5 Å². The predicted octanol–water partition coefficient (Wildman–Crippen LogP) is 0.588. The minimum atomic E-state index is 0. The lowest BCUT2D eigenvalue weighted by Gasteiger charge is -2.32. The van der Waals surface area contributed by atoms with Crippen LogP contribution in [-0.2, 0) is 0 Å². The molecular weight excluding hydrogens is 242 g/mol. The van der Waals surface area contributed by atoms with Crippen molar-refractivity contribution >= 4 is 0 Å². The number of likely N-dealkylation sites (tertiary alicyclic amines) is 1. The van der Waals surface area contributed by atoms with Gasteiger partial charge in [0.15, 0.2) is 0 Å². The molecule has 2 heteroatoms. The summed E-state index contributed by atoms with van der Waals surface area (Å²) in [5.74, 6) is 0. The van der Waals surface area contributed by atoms with Gasteiger partial charge in [0.05, 0.1) is 19.1 Å². The Balaban J connectivity index is 0.00000289. The summed E-state index contributed by atoms with van der Waals surface area (Å²) in [7, 11) is 0. The molecule has 1 aliphatic heterocycles. The average Bonchev–Trinajstić information content (AvgIpc) is 2.37. The molecule has 0 saturated carbocycles. The molecule has 0 amide bonds. The monoisotopic (exact) mass is 275 g/mol. The van der Waals surface area contributed by atoms with Crippen molar-refractivity contribution in [2.24, 2.45) is 0 Å². The van der Waals surface area contributed by atoms with E-state index in [1.54, 1.807) is 0 Å². The molecule has 0 aromatic heterocycles. The highest BCUT2D eigenvalue weighted by molar-refractivity contribution is 4.61. The van der Waals surface area contributed by atoms with E-state index in [2.05, 4.69) is 13.8 Å². The Kier molecular flexibility index (Phi) is 12.5. The summed E-state index contributed by atoms with van der Waals surface area (Å²) in [4.78, 5) is 1.95. The molecule has 1 N–H and O–H groups in total. The fraction of sp³-hybridized carbons (Fsp3) is 1.00. The molecule has 0 spiro atoms. The SMILES string of the molecule is CCCCCCC[NH+]1CCCCC1CCCC.[Cl-].